The molecule has 0 unspecified atom stereocenters. The van der Waals surface area contributed by atoms with Gasteiger partial charge in [-0.15, -0.1) is 0 Å². The minimum Gasteiger partial charge on any atom is -0.475 e. The molecule has 4 rings (SSSR count). The number of carbonyl (C=O) groups excluding carboxylic acids is 1. The Morgan fingerprint density at radius 1 is 1.05 bits per heavy atom. The van der Waals surface area contributed by atoms with Crippen molar-refractivity contribution in [3.05, 3.63) is 48.7 Å². The summed E-state index contributed by atoms with van der Waals surface area (Å²) in [6.45, 7) is 2.20. The van der Waals surface area contributed by atoms with Gasteiger partial charge in [0.2, 0.25) is 5.91 Å². The molecule has 3 N–H and O–H groups in total. The monoisotopic (exact) mass is 555 g/mol. The predicted octanol–water partition coefficient (Wildman–Crippen LogP) is 3.56. The number of furan rings is 1. The van der Waals surface area contributed by atoms with Gasteiger partial charge in [-0.2, -0.15) is 26.3 Å². The number of nitrogens with zero attached hydrogens (tertiary/aromatic N) is 2. The molecule has 4 heterocycles. The van der Waals surface area contributed by atoms with E-state index in [-0.39, 0.29) is 17.9 Å². The van der Waals surface area contributed by atoms with E-state index in [0.29, 0.717) is 12.6 Å². The van der Waals surface area contributed by atoms with Crippen LogP contribution in [0.2, 0.25) is 0 Å². The Morgan fingerprint density at radius 3 is 2.18 bits per heavy atom. The second-order valence-corrected chi connectivity index (χ2v) is 8.04. The number of aliphatic carboxylic acids is 2. The zero-order valence-corrected chi connectivity index (χ0v) is 19.4. The van der Waals surface area contributed by atoms with Crippen LogP contribution < -0.4 is 5.32 Å². The zero-order chi connectivity index (χ0) is 28.5. The van der Waals surface area contributed by atoms with Crippen LogP contribution in [0.1, 0.15) is 18.6 Å². The van der Waals surface area contributed by atoms with E-state index in [0.717, 1.165) is 37.4 Å². The number of carbonyl (C=O) groups is 3. The predicted molar refractivity (Wildman–Crippen MR) is 116 cm³/mol. The lowest BCUT2D eigenvalue weighted by atomic mass is 9.89. The van der Waals surface area contributed by atoms with Gasteiger partial charge in [0.25, 0.3) is 0 Å². The fraction of sp³-hybridized carbons (Fsp3) is 0.455. The number of rotatable bonds is 4. The molecule has 210 valence electrons. The van der Waals surface area contributed by atoms with Crippen LogP contribution in [-0.2, 0) is 25.7 Å². The lowest BCUT2D eigenvalue weighted by molar-refractivity contribution is -0.193. The van der Waals surface area contributed by atoms with Crippen molar-refractivity contribution in [3.8, 4) is 0 Å². The number of hydrogen-bond acceptors (Lipinski definition) is 7. The van der Waals surface area contributed by atoms with Crippen molar-refractivity contribution in [1.29, 1.82) is 0 Å². The molecule has 10 nitrogen and oxygen atoms in total. The van der Waals surface area contributed by atoms with E-state index < -0.39 is 24.3 Å². The second kappa shape index (κ2) is 13.2. The fourth-order valence-corrected chi connectivity index (χ4v) is 3.71. The van der Waals surface area contributed by atoms with Crippen LogP contribution in [0.5, 0.6) is 0 Å². The van der Waals surface area contributed by atoms with E-state index in [2.05, 4.69) is 15.2 Å². The molecule has 1 amide bonds. The zero-order valence-electron chi connectivity index (χ0n) is 19.4. The van der Waals surface area contributed by atoms with E-state index in [1.54, 1.807) is 18.7 Å². The summed E-state index contributed by atoms with van der Waals surface area (Å²) < 4.78 is 74.8. The number of hydrogen-bond donors (Lipinski definition) is 3. The summed E-state index contributed by atoms with van der Waals surface area (Å²) in [5.41, 5.74) is 0.731. The molecule has 0 bridgehead atoms. The molecular formula is C22H23F6N3O7. The van der Waals surface area contributed by atoms with Gasteiger partial charge in [0, 0.05) is 25.4 Å². The Bertz CT molecular complexity index is 1020. The number of pyridine rings is 1. The van der Waals surface area contributed by atoms with Crippen LogP contribution in [0, 0.1) is 5.92 Å². The standard InChI is InChI=1S/C18H21N3O3.2C2HF3O2/c22-18(20-14-3-1-6-19-10-14)13-9-17-16(5-8-24-17)21(11-13)12-15-4-2-7-23-15;2*3-2(4,5)1(6)7/h1-4,6-7,10,13,16-17H,5,8-9,11-12H2,(H,20,22);2*(H,6,7)/t13-,16-,17-;;/m1../s1. The number of likely N-dealkylation sites (tertiary alicyclic amines) is 1. The number of alkyl halides is 6. The summed E-state index contributed by atoms with van der Waals surface area (Å²) in [5, 5.41) is 17.2. The highest BCUT2D eigenvalue weighted by Gasteiger charge is 2.42. The number of nitrogens with one attached hydrogen (secondary N) is 1. The lowest BCUT2D eigenvalue weighted by Crippen LogP contribution is -2.51. The van der Waals surface area contributed by atoms with Crippen LogP contribution in [0.4, 0.5) is 32.0 Å². The van der Waals surface area contributed by atoms with E-state index in [4.69, 9.17) is 29.0 Å². The lowest BCUT2D eigenvalue weighted by Gasteiger charge is -2.39. The maximum atomic E-state index is 12.7. The first kappa shape index (κ1) is 30.6. The number of anilines is 1. The second-order valence-electron chi connectivity index (χ2n) is 8.04. The quantitative estimate of drug-likeness (QED) is 0.483. The molecule has 38 heavy (non-hydrogen) atoms. The Morgan fingerprint density at radius 2 is 1.68 bits per heavy atom. The molecule has 0 spiro atoms. The highest BCUT2D eigenvalue weighted by Crippen LogP contribution is 2.33. The van der Waals surface area contributed by atoms with Crippen LogP contribution in [0.15, 0.2) is 47.3 Å². The molecule has 3 atom stereocenters. The molecule has 0 aliphatic carbocycles. The third-order valence-electron chi connectivity index (χ3n) is 5.34. The van der Waals surface area contributed by atoms with E-state index in [1.807, 2.05) is 24.3 Å². The van der Waals surface area contributed by atoms with Gasteiger partial charge in [0.1, 0.15) is 5.76 Å². The third kappa shape index (κ3) is 9.66. The molecule has 2 aromatic heterocycles. The molecule has 0 radical (unpaired) electrons. The summed E-state index contributed by atoms with van der Waals surface area (Å²) in [5.74, 6) is -4.66. The molecule has 0 aromatic carbocycles. The number of amides is 1. The maximum Gasteiger partial charge on any atom is 0.490 e. The molecule has 2 saturated heterocycles. The van der Waals surface area contributed by atoms with Crippen molar-refractivity contribution >= 4 is 23.5 Å². The van der Waals surface area contributed by atoms with Crippen molar-refractivity contribution in [1.82, 2.24) is 9.88 Å². The number of ether oxygens (including phenoxy) is 1. The first-order valence-corrected chi connectivity index (χ1v) is 10.9. The van der Waals surface area contributed by atoms with Gasteiger partial charge in [-0.3, -0.25) is 14.7 Å². The van der Waals surface area contributed by atoms with Crippen molar-refractivity contribution in [3.63, 3.8) is 0 Å². The number of fused-ring (bicyclic) bond motifs is 1. The summed E-state index contributed by atoms with van der Waals surface area (Å²) >= 11 is 0. The van der Waals surface area contributed by atoms with E-state index in [1.165, 1.54) is 0 Å². The minimum absolute atomic E-state index is 0.0291. The highest BCUT2D eigenvalue weighted by atomic mass is 19.4. The number of carboxylic acids is 2. The van der Waals surface area contributed by atoms with Crippen LogP contribution in [0.25, 0.3) is 0 Å². The van der Waals surface area contributed by atoms with Gasteiger partial charge < -0.3 is 24.7 Å². The molecular weight excluding hydrogens is 532 g/mol. The average molecular weight is 555 g/mol. The first-order valence-electron chi connectivity index (χ1n) is 10.9. The molecule has 2 fully saturated rings. The van der Waals surface area contributed by atoms with Gasteiger partial charge in [-0.1, -0.05) is 0 Å². The summed E-state index contributed by atoms with van der Waals surface area (Å²) in [6, 6.07) is 7.91. The molecule has 2 aromatic rings. The Balaban J connectivity index is 0.000000301. The van der Waals surface area contributed by atoms with Crippen LogP contribution >= 0.6 is 0 Å². The van der Waals surface area contributed by atoms with Gasteiger partial charge in [0.05, 0.1) is 36.7 Å². The van der Waals surface area contributed by atoms with Crippen molar-refractivity contribution in [2.75, 3.05) is 18.5 Å². The number of carboxylic acid groups (broad SMARTS) is 2. The van der Waals surface area contributed by atoms with Crippen LogP contribution in [0.3, 0.4) is 0 Å². The first-order chi connectivity index (χ1) is 17.7. The summed E-state index contributed by atoms with van der Waals surface area (Å²) in [4.78, 5) is 36.8. The largest absolute Gasteiger partial charge is 0.490 e. The van der Waals surface area contributed by atoms with Crippen LogP contribution in [-0.4, -0.2) is 75.6 Å². The van der Waals surface area contributed by atoms with Crippen molar-refractivity contribution in [2.24, 2.45) is 5.92 Å². The van der Waals surface area contributed by atoms with Gasteiger partial charge in [-0.05, 0) is 37.1 Å². The Hall–Kier alpha value is -3.66. The van der Waals surface area contributed by atoms with E-state index in [9.17, 15) is 31.1 Å². The highest BCUT2D eigenvalue weighted by molar-refractivity contribution is 5.92. The minimum atomic E-state index is -5.08. The Labute approximate surface area is 211 Å². The van der Waals surface area contributed by atoms with Crippen molar-refractivity contribution < 1.29 is 60.1 Å². The molecule has 16 heteroatoms. The molecule has 2 aliphatic rings. The average Bonchev–Trinajstić information content (AvgIpc) is 3.51. The van der Waals surface area contributed by atoms with Gasteiger partial charge >= 0.3 is 24.3 Å². The molecule has 0 saturated carbocycles. The third-order valence-corrected chi connectivity index (χ3v) is 5.34. The maximum absolute atomic E-state index is 12.7. The van der Waals surface area contributed by atoms with Gasteiger partial charge in [0.15, 0.2) is 0 Å². The topological polar surface area (TPSA) is 142 Å². The normalized spacial score (nSPS) is 21.2. The Kier molecular flexibility index (Phi) is 10.6. The molecule has 2 aliphatic heterocycles. The number of piperidine rings is 1. The number of halogens is 6. The SMILES string of the molecule is O=C(Nc1cccnc1)[C@@H]1C[C@H]2OCC[C@H]2N(Cc2ccco2)C1.O=C(O)C(F)(F)F.O=C(O)C(F)(F)F. The van der Waals surface area contributed by atoms with Gasteiger partial charge in [-0.25, -0.2) is 9.59 Å². The fourth-order valence-electron chi connectivity index (χ4n) is 3.71. The van der Waals surface area contributed by atoms with Crippen molar-refractivity contribution in [2.45, 2.75) is 43.9 Å². The smallest absolute Gasteiger partial charge is 0.475 e. The number of aromatic nitrogens is 1. The van der Waals surface area contributed by atoms with E-state index >= 15 is 0 Å². The summed E-state index contributed by atoms with van der Waals surface area (Å²) in [7, 11) is 0. The summed E-state index contributed by atoms with van der Waals surface area (Å²) in [6.07, 6.45) is -3.21.